The minimum absolute atomic E-state index is 0.0233. The second-order valence-corrected chi connectivity index (χ2v) is 4.57. The lowest BCUT2D eigenvalue weighted by Crippen LogP contribution is -2.30. The van der Waals surface area contributed by atoms with Crippen molar-refractivity contribution in [1.82, 2.24) is 25.5 Å². The zero-order valence-corrected chi connectivity index (χ0v) is 9.68. The third-order valence-electron chi connectivity index (χ3n) is 2.30. The van der Waals surface area contributed by atoms with Gasteiger partial charge < -0.3 is 10.4 Å². The van der Waals surface area contributed by atoms with Crippen LogP contribution in [0.15, 0.2) is 5.16 Å². The van der Waals surface area contributed by atoms with Crippen LogP contribution in [0.3, 0.4) is 0 Å². The predicted octanol–water partition coefficient (Wildman–Crippen LogP) is -0.872. The Morgan fingerprint density at radius 1 is 1.65 bits per heavy atom. The van der Waals surface area contributed by atoms with Gasteiger partial charge in [0.05, 0.1) is 12.3 Å². The first-order chi connectivity index (χ1) is 8.15. The average Bonchev–Trinajstić information content (AvgIpc) is 2.86. The van der Waals surface area contributed by atoms with Gasteiger partial charge in [-0.3, -0.25) is 9.59 Å². The largest absolute Gasteiger partial charge is 0.481 e. The molecule has 0 spiro atoms. The van der Waals surface area contributed by atoms with E-state index in [0.717, 1.165) is 18.2 Å². The summed E-state index contributed by atoms with van der Waals surface area (Å²) in [4.78, 5) is 21.5. The van der Waals surface area contributed by atoms with Crippen molar-refractivity contribution in [2.24, 2.45) is 0 Å². The van der Waals surface area contributed by atoms with Crippen molar-refractivity contribution in [3.63, 3.8) is 0 Å². The van der Waals surface area contributed by atoms with Crippen molar-refractivity contribution in [3.8, 4) is 0 Å². The number of hydrogen-bond acceptors (Lipinski definition) is 6. The third-order valence-corrected chi connectivity index (χ3v) is 3.24. The van der Waals surface area contributed by atoms with Crippen LogP contribution < -0.4 is 5.32 Å². The van der Waals surface area contributed by atoms with E-state index in [4.69, 9.17) is 5.11 Å². The highest BCUT2D eigenvalue weighted by atomic mass is 32.2. The number of nitrogens with zero attached hydrogens (tertiary/aromatic N) is 4. The van der Waals surface area contributed by atoms with E-state index in [9.17, 15) is 9.59 Å². The van der Waals surface area contributed by atoms with Gasteiger partial charge >= 0.3 is 5.97 Å². The summed E-state index contributed by atoms with van der Waals surface area (Å²) in [5.41, 5.74) is 0. The van der Waals surface area contributed by atoms with Crippen LogP contribution in [0.4, 0.5) is 0 Å². The molecule has 1 amide bonds. The minimum Gasteiger partial charge on any atom is -0.481 e. The number of hydrogen-bond donors (Lipinski definition) is 2. The van der Waals surface area contributed by atoms with Crippen molar-refractivity contribution < 1.29 is 14.7 Å². The highest BCUT2D eigenvalue weighted by Gasteiger charge is 2.22. The number of amides is 1. The Labute approximate surface area is 101 Å². The van der Waals surface area contributed by atoms with Gasteiger partial charge in [0.1, 0.15) is 0 Å². The lowest BCUT2D eigenvalue weighted by molar-refractivity contribution is -0.133. The number of thioether (sulfide) groups is 1. The zero-order valence-electron chi connectivity index (χ0n) is 8.87. The number of rotatable bonds is 5. The topological polar surface area (TPSA) is 110 Å². The number of aromatic nitrogens is 4. The first-order valence-electron chi connectivity index (χ1n) is 5.05. The molecule has 17 heavy (non-hydrogen) atoms. The van der Waals surface area contributed by atoms with Crippen LogP contribution in [0.25, 0.3) is 0 Å². The number of nitrogens with one attached hydrogen (secondary N) is 1. The van der Waals surface area contributed by atoms with E-state index in [0.29, 0.717) is 18.1 Å². The summed E-state index contributed by atoms with van der Waals surface area (Å²) >= 11 is 1.06. The number of carbonyl (C=O) groups excluding carboxylic acids is 1. The predicted molar refractivity (Wildman–Crippen MR) is 57.3 cm³/mol. The molecule has 92 valence electrons. The second-order valence-electron chi connectivity index (χ2n) is 3.63. The van der Waals surface area contributed by atoms with E-state index in [-0.39, 0.29) is 17.7 Å². The highest BCUT2D eigenvalue weighted by Crippen LogP contribution is 2.15. The molecule has 0 radical (unpaired) electrons. The zero-order chi connectivity index (χ0) is 12.3. The van der Waals surface area contributed by atoms with Gasteiger partial charge in [0.25, 0.3) is 0 Å². The molecule has 1 aromatic heterocycles. The van der Waals surface area contributed by atoms with Crippen molar-refractivity contribution in [2.75, 3.05) is 5.75 Å². The van der Waals surface area contributed by atoms with E-state index in [1.54, 1.807) is 0 Å². The lowest BCUT2D eigenvalue weighted by Gasteiger charge is -2.09. The number of tetrazole rings is 1. The molecule has 0 aromatic carbocycles. The molecule has 1 aromatic rings. The Morgan fingerprint density at radius 3 is 3.12 bits per heavy atom. The Bertz CT molecular complexity index is 435. The summed E-state index contributed by atoms with van der Waals surface area (Å²) in [5, 5.41) is 22.8. The Balaban J connectivity index is 1.94. The van der Waals surface area contributed by atoms with Crippen LogP contribution in [0.5, 0.6) is 0 Å². The quantitative estimate of drug-likeness (QED) is 0.659. The molecule has 1 fully saturated rings. The maximum Gasteiger partial charge on any atom is 0.313 e. The fourth-order valence-electron chi connectivity index (χ4n) is 1.56. The normalized spacial score (nSPS) is 19.3. The molecule has 2 heterocycles. The van der Waals surface area contributed by atoms with Gasteiger partial charge in [0.2, 0.25) is 11.1 Å². The maximum atomic E-state index is 11.0. The van der Waals surface area contributed by atoms with Gasteiger partial charge in [-0.05, 0) is 16.8 Å². The molecule has 0 aliphatic carbocycles. The number of carbonyl (C=O) groups is 2. The molecule has 8 nitrogen and oxygen atoms in total. The van der Waals surface area contributed by atoms with Gasteiger partial charge in [0, 0.05) is 12.5 Å². The maximum absolute atomic E-state index is 11.0. The summed E-state index contributed by atoms with van der Waals surface area (Å²) in [6, 6.07) is 0.0233. The average molecular weight is 257 g/mol. The van der Waals surface area contributed by atoms with Gasteiger partial charge in [-0.25, -0.2) is 4.68 Å². The molecule has 1 atom stereocenters. The van der Waals surface area contributed by atoms with E-state index in [1.807, 2.05) is 0 Å². The summed E-state index contributed by atoms with van der Waals surface area (Å²) in [6.07, 6.45) is 1.27. The van der Waals surface area contributed by atoms with Crippen molar-refractivity contribution >= 4 is 23.6 Å². The summed E-state index contributed by atoms with van der Waals surface area (Å²) in [5.74, 6) is -0.973. The SMILES string of the molecule is O=C(O)CSc1nnnn1CC1CCC(=O)N1. The molecule has 1 saturated heterocycles. The van der Waals surface area contributed by atoms with Gasteiger partial charge in [-0.15, -0.1) is 5.10 Å². The summed E-state index contributed by atoms with van der Waals surface area (Å²) < 4.78 is 1.52. The molecule has 0 bridgehead atoms. The van der Waals surface area contributed by atoms with E-state index >= 15 is 0 Å². The van der Waals surface area contributed by atoms with Crippen LogP contribution in [0, 0.1) is 0 Å². The van der Waals surface area contributed by atoms with Gasteiger partial charge in [0.15, 0.2) is 0 Å². The second kappa shape index (κ2) is 5.13. The van der Waals surface area contributed by atoms with Crippen LogP contribution >= 0.6 is 11.8 Å². The minimum atomic E-state index is -0.918. The van der Waals surface area contributed by atoms with Crippen LogP contribution in [0.1, 0.15) is 12.8 Å². The first kappa shape index (κ1) is 11.8. The molecule has 1 aliphatic heterocycles. The summed E-state index contributed by atoms with van der Waals surface area (Å²) in [6.45, 7) is 0.473. The van der Waals surface area contributed by atoms with E-state index < -0.39 is 5.97 Å². The molecular weight excluding hydrogens is 246 g/mol. The standard InChI is InChI=1S/C8H11N5O3S/c14-6-2-1-5(9-6)3-13-8(10-11-12-13)17-4-7(15)16/h5H,1-4H2,(H,9,14)(H,15,16). The molecular formula is C8H11N5O3S. The fraction of sp³-hybridized carbons (Fsp3) is 0.625. The first-order valence-corrected chi connectivity index (χ1v) is 6.04. The van der Waals surface area contributed by atoms with Gasteiger partial charge in [-0.2, -0.15) is 0 Å². The Morgan fingerprint density at radius 2 is 2.47 bits per heavy atom. The van der Waals surface area contributed by atoms with Crippen molar-refractivity contribution in [3.05, 3.63) is 0 Å². The van der Waals surface area contributed by atoms with Crippen LogP contribution in [-0.4, -0.2) is 49.0 Å². The van der Waals surface area contributed by atoms with Crippen LogP contribution in [0.2, 0.25) is 0 Å². The number of carboxylic acid groups (broad SMARTS) is 1. The molecule has 2 N–H and O–H groups in total. The highest BCUT2D eigenvalue weighted by molar-refractivity contribution is 7.99. The monoisotopic (exact) mass is 257 g/mol. The van der Waals surface area contributed by atoms with Crippen molar-refractivity contribution in [1.29, 1.82) is 0 Å². The van der Waals surface area contributed by atoms with Crippen molar-refractivity contribution in [2.45, 2.75) is 30.6 Å². The van der Waals surface area contributed by atoms with E-state index in [1.165, 1.54) is 4.68 Å². The van der Waals surface area contributed by atoms with Crippen LogP contribution in [-0.2, 0) is 16.1 Å². The molecule has 1 aliphatic rings. The smallest absolute Gasteiger partial charge is 0.313 e. The fourth-order valence-corrected chi connectivity index (χ4v) is 2.17. The molecule has 0 saturated carbocycles. The number of aliphatic carboxylic acids is 1. The molecule has 9 heteroatoms. The van der Waals surface area contributed by atoms with Gasteiger partial charge in [-0.1, -0.05) is 11.8 Å². The summed E-state index contributed by atoms with van der Waals surface area (Å²) in [7, 11) is 0. The molecule has 1 unspecified atom stereocenters. The van der Waals surface area contributed by atoms with E-state index in [2.05, 4.69) is 20.8 Å². The Hall–Kier alpha value is -1.64. The third kappa shape index (κ3) is 3.16. The lowest BCUT2D eigenvalue weighted by atomic mass is 10.2. The number of carboxylic acids is 1. The Kier molecular flexibility index (Phi) is 3.57. The molecule has 2 rings (SSSR count).